The van der Waals surface area contributed by atoms with Gasteiger partial charge in [-0.3, -0.25) is 14.4 Å². The van der Waals surface area contributed by atoms with Crippen LogP contribution in [0.15, 0.2) is 49.6 Å². The van der Waals surface area contributed by atoms with Gasteiger partial charge >= 0.3 is 5.97 Å². The van der Waals surface area contributed by atoms with Crippen molar-refractivity contribution in [1.29, 1.82) is 0 Å². The number of fused-ring (bicyclic) bond motifs is 1. The van der Waals surface area contributed by atoms with Crippen LogP contribution in [0.4, 0.5) is 5.69 Å². The molecule has 3 heterocycles. The molecule has 37 heavy (non-hydrogen) atoms. The maximum absolute atomic E-state index is 14.4. The van der Waals surface area contributed by atoms with E-state index in [4.69, 9.17) is 21.1 Å². The Labute approximate surface area is 222 Å². The third kappa shape index (κ3) is 4.49. The fraction of sp³-hybridized carbons (Fsp3) is 0.536. The molecule has 2 bridgehead atoms. The molecule has 1 aromatic rings. The number of aliphatic hydroxyl groups excluding tert-OH is 1. The Balaban J connectivity index is 1.80. The molecule has 4 rings (SSSR count). The normalized spacial score (nSPS) is 28.8. The Bertz CT molecular complexity index is 1080. The predicted octanol–water partition coefficient (Wildman–Crippen LogP) is 3.37. The molecule has 1 spiro atoms. The van der Waals surface area contributed by atoms with Crippen LogP contribution in [-0.4, -0.2) is 71.3 Å². The van der Waals surface area contributed by atoms with Crippen LogP contribution in [0, 0.1) is 17.8 Å². The zero-order valence-corrected chi connectivity index (χ0v) is 22.1. The van der Waals surface area contributed by atoms with Crippen LogP contribution in [0.2, 0.25) is 5.02 Å². The van der Waals surface area contributed by atoms with Crippen molar-refractivity contribution >= 4 is 35.1 Å². The average molecular weight is 531 g/mol. The minimum atomic E-state index is -1.20. The molecule has 8 nitrogen and oxygen atoms in total. The number of amides is 2. The second-order valence-corrected chi connectivity index (χ2v) is 10.6. The largest absolute Gasteiger partial charge is 0.465 e. The third-order valence-electron chi connectivity index (χ3n) is 7.85. The van der Waals surface area contributed by atoms with Crippen LogP contribution in [0.3, 0.4) is 0 Å². The first-order valence-corrected chi connectivity index (χ1v) is 13.2. The van der Waals surface area contributed by atoms with Gasteiger partial charge in [-0.15, -0.1) is 13.2 Å². The van der Waals surface area contributed by atoms with Gasteiger partial charge in [0.25, 0.3) is 5.91 Å². The molecule has 0 saturated carbocycles. The highest BCUT2D eigenvalue weighted by atomic mass is 35.5. The van der Waals surface area contributed by atoms with E-state index in [1.807, 2.05) is 13.8 Å². The number of halogens is 1. The molecular formula is C28H35ClN2O6. The van der Waals surface area contributed by atoms with Crippen molar-refractivity contribution in [2.45, 2.75) is 56.9 Å². The smallest absolute Gasteiger partial charge is 0.312 e. The minimum Gasteiger partial charge on any atom is -0.465 e. The minimum absolute atomic E-state index is 0.150. The molecule has 3 aliphatic heterocycles. The topological polar surface area (TPSA) is 96.4 Å². The summed E-state index contributed by atoms with van der Waals surface area (Å²) in [5.74, 6) is -3.09. The van der Waals surface area contributed by atoms with Crippen LogP contribution >= 0.6 is 11.6 Å². The summed E-state index contributed by atoms with van der Waals surface area (Å²) in [7, 11) is 0. The van der Waals surface area contributed by atoms with Gasteiger partial charge in [0.1, 0.15) is 11.6 Å². The van der Waals surface area contributed by atoms with E-state index in [-0.39, 0.29) is 37.5 Å². The molecule has 0 aromatic heterocycles. The summed E-state index contributed by atoms with van der Waals surface area (Å²) in [4.78, 5) is 44.7. The number of aliphatic hydroxyl groups is 1. The Morgan fingerprint density at radius 2 is 2.05 bits per heavy atom. The zero-order chi connectivity index (χ0) is 26.9. The number of hydrogen-bond donors (Lipinski definition) is 1. The van der Waals surface area contributed by atoms with Gasteiger partial charge in [-0.25, -0.2) is 0 Å². The van der Waals surface area contributed by atoms with Crippen molar-refractivity contribution in [3.63, 3.8) is 0 Å². The van der Waals surface area contributed by atoms with E-state index in [9.17, 15) is 19.5 Å². The average Bonchev–Trinajstić information content (AvgIpc) is 3.51. The zero-order valence-electron chi connectivity index (χ0n) is 21.3. The standard InChI is InChI=1S/C28H35ClN2O6/c1-5-7-15-36-27(35)22-21-12-13-28(37-21)23(22)25(33)31(20(16-32)17(3)4)24(28)26(34)30(14-6-2)19-11-9-8-10-18(19)29/h5-6,8-11,17,20-24,32H,1-2,7,12-16H2,3-4H3/t20-,21-,22+,23-,24?,28?/m0/s1. The molecule has 1 N–H and O–H groups in total. The van der Waals surface area contributed by atoms with Gasteiger partial charge in [-0.2, -0.15) is 0 Å². The van der Waals surface area contributed by atoms with Crippen LogP contribution < -0.4 is 4.90 Å². The summed E-state index contributed by atoms with van der Waals surface area (Å²) in [5.41, 5.74) is -0.719. The lowest BCUT2D eigenvalue weighted by Gasteiger charge is -2.40. The van der Waals surface area contributed by atoms with Crippen molar-refractivity contribution in [3.05, 3.63) is 54.6 Å². The first kappa shape index (κ1) is 27.4. The Morgan fingerprint density at radius 1 is 1.32 bits per heavy atom. The second-order valence-electron chi connectivity index (χ2n) is 10.2. The summed E-state index contributed by atoms with van der Waals surface area (Å²) in [6.45, 7) is 11.2. The van der Waals surface area contributed by atoms with Crippen LogP contribution in [-0.2, 0) is 23.9 Å². The van der Waals surface area contributed by atoms with Crippen LogP contribution in [0.5, 0.6) is 0 Å². The number of hydrogen-bond acceptors (Lipinski definition) is 6. The number of esters is 1. The van der Waals surface area contributed by atoms with Gasteiger partial charge in [0.15, 0.2) is 0 Å². The molecule has 0 radical (unpaired) electrons. The fourth-order valence-electron chi connectivity index (χ4n) is 6.21. The monoisotopic (exact) mass is 530 g/mol. The molecule has 6 atom stereocenters. The quantitative estimate of drug-likeness (QED) is 0.268. The summed E-state index contributed by atoms with van der Waals surface area (Å²) in [6.07, 6.45) is 4.20. The molecule has 3 saturated heterocycles. The molecule has 200 valence electrons. The number of anilines is 1. The number of likely N-dealkylation sites (tertiary alicyclic amines) is 1. The summed E-state index contributed by atoms with van der Waals surface area (Å²) < 4.78 is 11.9. The summed E-state index contributed by atoms with van der Waals surface area (Å²) in [6, 6.07) is 5.29. The van der Waals surface area contributed by atoms with E-state index in [1.165, 1.54) is 9.80 Å². The van der Waals surface area contributed by atoms with E-state index in [2.05, 4.69) is 13.2 Å². The number of carbonyl (C=O) groups excluding carboxylic acids is 3. The van der Waals surface area contributed by atoms with Gasteiger partial charge in [0, 0.05) is 6.54 Å². The van der Waals surface area contributed by atoms with E-state index >= 15 is 0 Å². The molecule has 3 fully saturated rings. The lowest BCUT2D eigenvalue weighted by Crippen LogP contribution is -2.59. The predicted molar refractivity (Wildman–Crippen MR) is 140 cm³/mol. The molecule has 0 aliphatic carbocycles. The van der Waals surface area contributed by atoms with Crippen molar-refractivity contribution in [2.75, 3.05) is 24.7 Å². The van der Waals surface area contributed by atoms with Gasteiger partial charge in [-0.1, -0.05) is 49.7 Å². The van der Waals surface area contributed by atoms with E-state index in [0.717, 1.165) is 0 Å². The van der Waals surface area contributed by atoms with Gasteiger partial charge in [-0.05, 0) is 37.3 Å². The molecule has 3 aliphatic rings. The lowest BCUT2D eigenvalue weighted by molar-refractivity contribution is -0.156. The Morgan fingerprint density at radius 3 is 2.68 bits per heavy atom. The van der Waals surface area contributed by atoms with Crippen LogP contribution in [0.1, 0.15) is 33.1 Å². The number of nitrogens with zero attached hydrogens (tertiary/aromatic N) is 2. The van der Waals surface area contributed by atoms with Crippen molar-refractivity contribution in [3.8, 4) is 0 Å². The Hall–Kier alpha value is -2.68. The molecule has 2 amide bonds. The van der Waals surface area contributed by atoms with Crippen molar-refractivity contribution < 1.29 is 29.0 Å². The van der Waals surface area contributed by atoms with Crippen molar-refractivity contribution in [1.82, 2.24) is 4.90 Å². The van der Waals surface area contributed by atoms with E-state index < -0.39 is 41.6 Å². The molecule has 9 heteroatoms. The van der Waals surface area contributed by atoms with Gasteiger partial charge in [0.2, 0.25) is 5.91 Å². The van der Waals surface area contributed by atoms with E-state index in [1.54, 1.807) is 36.4 Å². The summed E-state index contributed by atoms with van der Waals surface area (Å²) in [5, 5.41) is 10.7. The fourth-order valence-corrected chi connectivity index (χ4v) is 6.45. The highest BCUT2D eigenvalue weighted by molar-refractivity contribution is 6.34. The van der Waals surface area contributed by atoms with Crippen molar-refractivity contribution in [2.24, 2.45) is 17.8 Å². The molecular weight excluding hydrogens is 496 g/mol. The Kier molecular flexibility index (Phi) is 8.11. The maximum atomic E-state index is 14.4. The number of ether oxygens (including phenoxy) is 2. The highest BCUT2D eigenvalue weighted by Gasteiger charge is 2.75. The van der Waals surface area contributed by atoms with Crippen LogP contribution in [0.25, 0.3) is 0 Å². The lowest BCUT2D eigenvalue weighted by atomic mass is 9.70. The SMILES string of the molecule is C=CCCOC(=O)[C@@H]1[C@@H]2CCC3(O2)C(C(=O)N(CC=C)c2ccccc2Cl)N([C@@H](CO)C(C)C)C(=O)[C@H]13. The second kappa shape index (κ2) is 11.0. The first-order valence-electron chi connectivity index (χ1n) is 12.8. The highest BCUT2D eigenvalue weighted by Crippen LogP contribution is 2.59. The number of benzene rings is 1. The first-order chi connectivity index (χ1) is 17.7. The molecule has 2 unspecified atom stereocenters. The number of carbonyl (C=O) groups is 3. The maximum Gasteiger partial charge on any atom is 0.312 e. The third-order valence-corrected chi connectivity index (χ3v) is 8.16. The van der Waals surface area contributed by atoms with E-state index in [0.29, 0.717) is 30.0 Å². The van der Waals surface area contributed by atoms with Gasteiger partial charge in [0.05, 0.1) is 47.9 Å². The number of para-hydroxylation sites is 1. The number of rotatable bonds is 11. The summed E-state index contributed by atoms with van der Waals surface area (Å²) >= 11 is 6.48. The molecule has 1 aromatic carbocycles. The van der Waals surface area contributed by atoms with Gasteiger partial charge < -0.3 is 24.4 Å².